The van der Waals surface area contributed by atoms with Crippen molar-refractivity contribution in [1.29, 1.82) is 0 Å². The summed E-state index contributed by atoms with van der Waals surface area (Å²) >= 11 is 0. The third-order valence-electron chi connectivity index (χ3n) is 4.79. The topological polar surface area (TPSA) is 109 Å². The highest BCUT2D eigenvalue weighted by atomic mass is 16.5. The van der Waals surface area contributed by atoms with Crippen LogP contribution in [0.2, 0.25) is 0 Å². The molecule has 156 valence electrons. The molecule has 1 aromatic carbocycles. The highest BCUT2D eigenvalue weighted by Gasteiger charge is 2.18. The average Bonchev–Trinajstić information content (AvgIpc) is 3.25. The van der Waals surface area contributed by atoms with E-state index in [1.54, 1.807) is 45.6 Å². The van der Waals surface area contributed by atoms with E-state index in [0.717, 1.165) is 16.8 Å². The number of rotatable bonds is 6. The Hall–Kier alpha value is -3.59. The van der Waals surface area contributed by atoms with E-state index in [2.05, 4.69) is 15.1 Å². The van der Waals surface area contributed by atoms with Crippen LogP contribution >= 0.6 is 0 Å². The summed E-state index contributed by atoms with van der Waals surface area (Å²) in [7, 11) is 4.64. The number of aromatic nitrogens is 3. The van der Waals surface area contributed by atoms with Gasteiger partial charge < -0.3 is 28.5 Å². The molecule has 0 bridgehead atoms. The Morgan fingerprint density at radius 2 is 1.93 bits per heavy atom. The molecule has 2 aromatic heterocycles. The number of H-pyrrole nitrogens is 1. The molecule has 0 atom stereocenters. The zero-order valence-electron chi connectivity index (χ0n) is 16.9. The summed E-state index contributed by atoms with van der Waals surface area (Å²) in [5, 5.41) is 3.94. The molecule has 0 spiro atoms. The van der Waals surface area contributed by atoms with Crippen LogP contribution in [0.25, 0.3) is 23.5 Å². The smallest absolute Gasteiger partial charge is 0.259 e. The van der Waals surface area contributed by atoms with Crippen LogP contribution in [0, 0.1) is 0 Å². The van der Waals surface area contributed by atoms with Crippen LogP contribution in [0.15, 0.2) is 27.5 Å². The number of methoxy groups -OCH3 is 3. The molecular weight excluding hydrogens is 390 g/mol. The van der Waals surface area contributed by atoms with Gasteiger partial charge in [-0.15, -0.1) is 0 Å². The lowest BCUT2D eigenvalue weighted by Gasteiger charge is -2.15. The van der Waals surface area contributed by atoms with E-state index in [9.17, 15) is 4.79 Å². The molecule has 0 saturated carbocycles. The largest absolute Gasteiger partial charge is 0.493 e. The van der Waals surface area contributed by atoms with Crippen LogP contribution in [0.5, 0.6) is 17.2 Å². The van der Waals surface area contributed by atoms with Crippen molar-refractivity contribution in [3.63, 3.8) is 0 Å². The first-order valence-corrected chi connectivity index (χ1v) is 9.28. The maximum absolute atomic E-state index is 12.4. The van der Waals surface area contributed by atoms with Crippen molar-refractivity contribution >= 4 is 12.2 Å². The Bertz CT molecular complexity index is 1150. The van der Waals surface area contributed by atoms with Crippen LogP contribution in [0.4, 0.5) is 0 Å². The number of nitrogens with zero attached hydrogens (tertiary/aromatic N) is 2. The van der Waals surface area contributed by atoms with Gasteiger partial charge in [-0.1, -0.05) is 5.16 Å². The summed E-state index contributed by atoms with van der Waals surface area (Å²) in [4.78, 5) is 19.6. The number of nitrogens with one attached hydrogen (secondary N) is 1. The first-order chi connectivity index (χ1) is 14.6. The first kappa shape index (κ1) is 19.7. The molecular formula is C21H21N3O6. The van der Waals surface area contributed by atoms with E-state index in [4.69, 9.17) is 23.5 Å². The molecule has 1 aliphatic heterocycles. The molecule has 0 saturated heterocycles. The van der Waals surface area contributed by atoms with Gasteiger partial charge in [0.25, 0.3) is 11.4 Å². The first-order valence-electron chi connectivity index (χ1n) is 9.28. The van der Waals surface area contributed by atoms with Gasteiger partial charge in [-0.2, -0.15) is 4.98 Å². The van der Waals surface area contributed by atoms with E-state index >= 15 is 0 Å². The lowest BCUT2D eigenvalue weighted by Crippen LogP contribution is -2.19. The maximum atomic E-state index is 12.4. The van der Waals surface area contributed by atoms with Crippen molar-refractivity contribution in [2.24, 2.45) is 0 Å². The molecule has 3 heterocycles. The minimum atomic E-state index is -0.256. The Balaban J connectivity index is 1.63. The van der Waals surface area contributed by atoms with Gasteiger partial charge in [-0.3, -0.25) is 4.79 Å². The summed E-state index contributed by atoms with van der Waals surface area (Å²) in [5.74, 6) is 2.01. The van der Waals surface area contributed by atoms with Gasteiger partial charge in [0.05, 0.1) is 40.1 Å². The number of hydrogen-bond donors (Lipinski definition) is 1. The van der Waals surface area contributed by atoms with Gasteiger partial charge in [0.15, 0.2) is 11.5 Å². The average molecular weight is 411 g/mol. The van der Waals surface area contributed by atoms with Crippen LogP contribution in [0.3, 0.4) is 0 Å². The van der Waals surface area contributed by atoms with Crippen molar-refractivity contribution in [3.8, 4) is 28.6 Å². The van der Waals surface area contributed by atoms with Gasteiger partial charge in [-0.05, 0) is 29.8 Å². The molecule has 4 rings (SSSR count). The van der Waals surface area contributed by atoms with E-state index in [1.807, 2.05) is 6.07 Å². The summed E-state index contributed by atoms with van der Waals surface area (Å²) in [6.07, 6.45) is 4.07. The van der Waals surface area contributed by atoms with Gasteiger partial charge in [0.2, 0.25) is 11.6 Å². The van der Waals surface area contributed by atoms with Crippen LogP contribution in [-0.2, 0) is 17.8 Å². The van der Waals surface area contributed by atoms with Gasteiger partial charge in [0.1, 0.15) is 0 Å². The Morgan fingerprint density at radius 1 is 1.10 bits per heavy atom. The predicted octanol–water partition coefficient (Wildman–Crippen LogP) is 2.69. The second-order valence-electron chi connectivity index (χ2n) is 6.53. The number of pyridine rings is 1. The van der Waals surface area contributed by atoms with Crippen LogP contribution < -0.4 is 19.8 Å². The molecule has 1 aliphatic rings. The SMILES string of the molecule is COc1ccc(/C=C/c2nc(-c3cc4c([nH]c3=O)CCOC4)no2)c(OC)c1OC. The number of aromatic amines is 1. The number of benzene rings is 1. The van der Waals surface area contributed by atoms with E-state index in [0.29, 0.717) is 42.4 Å². The summed E-state index contributed by atoms with van der Waals surface area (Å²) in [6.45, 7) is 1.04. The highest BCUT2D eigenvalue weighted by molar-refractivity contribution is 5.74. The summed E-state index contributed by atoms with van der Waals surface area (Å²) in [5.41, 5.74) is 2.63. The monoisotopic (exact) mass is 411 g/mol. The van der Waals surface area contributed by atoms with E-state index < -0.39 is 0 Å². The minimum absolute atomic E-state index is 0.212. The van der Waals surface area contributed by atoms with Crippen molar-refractivity contribution in [2.45, 2.75) is 13.0 Å². The zero-order valence-corrected chi connectivity index (χ0v) is 16.9. The van der Waals surface area contributed by atoms with Crippen molar-refractivity contribution in [1.82, 2.24) is 15.1 Å². The zero-order chi connectivity index (χ0) is 21.1. The molecule has 0 fully saturated rings. The van der Waals surface area contributed by atoms with Crippen molar-refractivity contribution < 1.29 is 23.5 Å². The van der Waals surface area contributed by atoms with Gasteiger partial charge >= 0.3 is 0 Å². The Labute approximate surface area is 172 Å². The highest BCUT2D eigenvalue weighted by Crippen LogP contribution is 2.40. The second kappa shape index (κ2) is 8.42. The maximum Gasteiger partial charge on any atom is 0.259 e. The number of ether oxygens (including phenoxy) is 4. The van der Waals surface area contributed by atoms with Crippen molar-refractivity contribution in [2.75, 3.05) is 27.9 Å². The van der Waals surface area contributed by atoms with Crippen molar-refractivity contribution in [3.05, 3.63) is 51.3 Å². The fraction of sp³-hybridized carbons (Fsp3) is 0.286. The van der Waals surface area contributed by atoms with Gasteiger partial charge in [0, 0.05) is 23.8 Å². The Kier molecular flexibility index (Phi) is 5.53. The standard InChI is InChI=1S/C21H21N3O6/c1-26-16-6-4-12(18(27-2)19(16)28-3)5-7-17-23-20(24-30-17)14-10-13-11-29-9-8-15(13)22-21(14)25/h4-7,10H,8-9,11H2,1-3H3,(H,22,25)/b7-5+. The molecule has 0 unspecified atom stereocenters. The molecule has 1 N–H and O–H groups in total. The third-order valence-corrected chi connectivity index (χ3v) is 4.79. The number of fused-ring (bicyclic) bond motifs is 1. The summed E-state index contributed by atoms with van der Waals surface area (Å²) < 4.78 is 26.9. The molecule has 3 aromatic rings. The molecule has 9 nitrogen and oxygen atoms in total. The van der Waals surface area contributed by atoms with E-state index in [-0.39, 0.29) is 17.3 Å². The fourth-order valence-electron chi connectivity index (χ4n) is 3.31. The quantitative estimate of drug-likeness (QED) is 0.660. The molecule has 9 heteroatoms. The number of hydrogen-bond acceptors (Lipinski definition) is 8. The van der Waals surface area contributed by atoms with E-state index in [1.165, 1.54) is 0 Å². The minimum Gasteiger partial charge on any atom is -0.493 e. The normalized spacial score (nSPS) is 13.3. The lowest BCUT2D eigenvalue weighted by molar-refractivity contribution is 0.109. The fourth-order valence-corrected chi connectivity index (χ4v) is 3.31. The Morgan fingerprint density at radius 3 is 2.70 bits per heavy atom. The van der Waals surface area contributed by atoms with Crippen LogP contribution in [0.1, 0.15) is 22.7 Å². The van der Waals surface area contributed by atoms with Gasteiger partial charge in [-0.25, -0.2) is 0 Å². The predicted molar refractivity (Wildman–Crippen MR) is 109 cm³/mol. The van der Waals surface area contributed by atoms with Crippen LogP contribution in [-0.4, -0.2) is 43.1 Å². The second-order valence-corrected chi connectivity index (χ2v) is 6.53. The lowest BCUT2D eigenvalue weighted by atomic mass is 10.1. The summed E-state index contributed by atoms with van der Waals surface area (Å²) in [6, 6.07) is 5.35. The molecule has 0 radical (unpaired) electrons. The third kappa shape index (κ3) is 3.67. The molecule has 0 amide bonds. The molecule has 30 heavy (non-hydrogen) atoms. The molecule has 0 aliphatic carbocycles.